The molecule has 0 atom stereocenters. The van der Waals surface area contributed by atoms with E-state index < -0.39 is 0 Å². The molecule has 0 aromatic rings. The molecule has 27 heavy (non-hydrogen) atoms. The third kappa shape index (κ3) is 25.7. The molecule has 0 aromatic heterocycles. The van der Waals surface area contributed by atoms with Gasteiger partial charge in [-0.25, -0.2) is 0 Å². The zero-order valence-electron chi connectivity index (χ0n) is 19.4. The fraction of sp³-hybridized carbons (Fsp3) is 0.926. The van der Waals surface area contributed by atoms with Crippen LogP contribution in [-0.4, -0.2) is 0 Å². The third-order valence-electron chi connectivity index (χ3n) is 5.87. The van der Waals surface area contributed by atoms with E-state index in [1.54, 1.807) is 0 Å². The summed E-state index contributed by atoms with van der Waals surface area (Å²) in [7, 11) is 0. The smallest absolute Gasteiger partial charge is 0.0351 e. The van der Waals surface area contributed by atoms with Crippen LogP contribution in [0.4, 0.5) is 0 Å². The molecule has 0 heteroatoms. The predicted octanol–water partition coefficient (Wildman–Crippen LogP) is 10.6. The molecule has 162 valence electrons. The molecule has 0 aliphatic heterocycles. The Hall–Kier alpha value is -0.260. The zero-order chi connectivity index (χ0) is 19.7. The summed E-state index contributed by atoms with van der Waals surface area (Å²) in [6.07, 6.45) is 37.9. The Labute approximate surface area is 174 Å². The Morgan fingerprint density at radius 1 is 0.296 bits per heavy atom. The summed E-state index contributed by atoms with van der Waals surface area (Å²) in [5, 5.41) is 0. The van der Waals surface area contributed by atoms with Crippen LogP contribution in [0.15, 0.2) is 12.2 Å². The van der Waals surface area contributed by atoms with E-state index in [-0.39, 0.29) is 0 Å². The lowest BCUT2D eigenvalue weighted by Gasteiger charge is -2.03. The van der Waals surface area contributed by atoms with Crippen molar-refractivity contribution in [2.45, 2.75) is 162 Å². The van der Waals surface area contributed by atoms with Crippen molar-refractivity contribution in [1.82, 2.24) is 0 Å². The minimum absolute atomic E-state index is 1.30. The van der Waals surface area contributed by atoms with Crippen molar-refractivity contribution in [3.05, 3.63) is 12.2 Å². The molecule has 0 spiro atoms. The van der Waals surface area contributed by atoms with Gasteiger partial charge in [0.15, 0.2) is 0 Å². The highest BCUT2D eigenvalue weighted by Gasteiger charge is 1.95. The molecular weight excluding hydrogens is 324 g/mol. The fourth-order valence-electron chi connectivity index (χ4n) is 3.91. The highest BCUT2D eigenvalue weighted by Crippen LogP contribution is 2.14. The lowest BCUT2D eigenvalue weighted by Crippen LogP contribution is -1.84. The predicted molar refractivity (Wildman–Crippen MR) is 127 cm³/mol. The van der Waals surface area contributed by atoms with Crippen LogP contribution in [0.3, 0.4) is 0 Å². The molecule has 0 saturated carbocycles. The van der Waals surface area contributed by atoms with Crippen LogP contribution in [0.1, 0.15) is 162 Å². The molecule has 0 aliphatic carbocycles. The van der Waals surface area contributed by atoms with E-state index >= 15 is 0 Å². The monoisotopic (exact) mass is 378 g/mol. The topological polar surface area (TPSA) is 0 Å². The molecule has 0 fully saturated rings. The van der Waals surface area contributed by atoms with Crippen molar-refractivity contribution in [1.29, 1.82) is 0 Å². The number of hydrogen-bond acceptors (Lipinski definition) is 0. The molecule has 0 radical (unpaired) electrons. The zero-order valence-corrected chi connectivity index (χ0v) is 19.4. The average Bonchev–Trinajstić information content (AvgIpc) is 2.68. The molecule has 0 aromatic carbocycles. The van der Waals surface area contributed by atoms with Gasteiger partial charge in [-0.3, -0.25) is 0 Å². The van der Waals surface area contributed by atoms with Gasteiger partial charge in [0.25, 0.3) is 0 Å². The maximum absolute atomic E-state index is 2.42. The second-order valence-corrected chi connectivity index (χ2v) is 8.77. The molecule has 0 N–H and O–H groups in total. The van der Waals surface area contributed by atoms with Crippen LogP contribution in [-0.2, 0) is 0 Å². The quantitative estimate of drug-likeness (QED) is 0.122. The van der Waals surface area contributed by atoms with E-state index in [0.29, 0.717) is 0 Å². The van der Waals surface area contributed by atoms with Gasteiger partial charge in [0.1, 0.15) is 0 Å². The second-order valence-electron chi connectivity index (χ2n) is 8.77. The SMILES string of the molecule is CCCCC/C=C/CCCCCCCCCCCCCCCCCCCC. The van der Waals surface area contributed by atoms with Gasteiger partial charge in [-0.15, -0.1) is 0 Å². The summed E-state index contributed by atoms with van der Waals surface area (Å²) in [5.74, 6) is 0. The minimum Gasteiger partial charge on any atom is -0.0885 e. The molecule has 0 nitrogen and oxygen atoms in total. The normalized spacial score (nSPS) is 11.6. The Morgan fingerprint density at radius 3 is 0.852 bits per heavy atom. The minimum atomic E-state index is 1.30. The molecule has 0 aliphatic rings. The van der Waals surface area contributed by atoms with Crippen LogP contribution in [0.25, 0.3) is 0 Å². The van der Waals surface area contributed by atoms with Crippen molar-refractivity contribution in [2.75, 3.05) is 0 Å². The van der Waals surface area contributed by atoms with Gasteiger partial charge in [-0.1, -0.05) is 148 Å². The van der Waals surface area contributed by atoms with E-state index in [4.69, 9.17) is 0 Å². The maximum Gasteiger partial charge on any atom is -0.0351 e. The van der Waals surface area contributed by atoms with Gasteiger partial charge in [0.05, 0.1) is 0 Å². The summed E-state index contributed by atoms with van der Waals surface area (Å²) in [4.78, 5) is 0. The van der Waals surface area contributed by atoms with Crippen LogP contribution in [0, 0.1) is 0 Å². The number of allylic oxidation sites excluding steroid dienone is 2. The molecule has 0 rings (SSSR count). The molecular formula is C27H54. The average molecular weight is 379 g/mol. The summed E-state index contributed by atoms with van der Waals surface area (Å²) in [5.41, 5.74) is 0. The van der Waals surface area contributed by atoms with Gasteiger partial charge < -0.3 is 0 Å². The van der Waals surface area contributed by atoms with Crippen LogP contribution in [0.5, 0.6) is 0 Å². The number of rotatable bonds is 23. The first-order chi connectivity index (χ1) is 13.4. The summed E-state index contributed by atoms with van der Waals surface area (Å²) >= 11 is 0. The van der Waals surface area contributed by atoms with Crippen molar-refractivity contribution in [3.63, 3.8) is 0 Å². The highest BCUT2D eigenvalue weighted by atomic mass is 14.0. The molecule has 0 bridgehead atoms. The fourth-order valence-corrected chi connectivity index (χ4v) is 3.91. The summed E-state index contributed by atoms with van der Waals surface area (Å²) in [6.45, 7) is 4.58. The molecule has 0 amide bonds. The van der Waals surface area contributed by atoms with Gasteiger partial charge in [-0.05, 0) is 25.7 Å². The third-order valence-corrected chi connectivity index (χ3v) is 5.87. The standard InChI is InChI=1S/C27H54/c1-3-5-7-9-11-13-15-17-19-21-23-25-27-26-24-22-20-18-16-14-12-10-8-6-4-2/h11,13H,3-10,12,14-27H2,1-2H3/b13-11+. The van der Waals surface area contributed by atoms with E-state index in [1.165, 1.54) is 148 Å². The first kappa shape index (κ1) is 26.7. The number of hydrogen-bond donors (Lipinski definition) is 0. The Balaban J connectivity index is 3.01. The van der Waals surface area contributed by atoms with E-state index in [0.717, 1.165) is 0 Å². The second kappa shape index (κ2) is 25.7. The highest BCUT2D eigenvalue weighted by molar-refractivity contribution is 4.81. The van der Waals surface area contributed by atoms with E-state index in [2.05, 4.69) is 26.0 Å². The lowest BCUT2D eigenvalue weighted by molar-refractivity contribution is 0.525. The van der Waals surface area contributed by atoms with Crippen molar-refractivity contribution in [3.8, 4) is 0 Å². The summed E-state index contributed by atoms with van der Waals surface area (Å²) < 4.78 is 0. The van der Waals surface area contributed by atoms with Crippen molar-refractivity contribution < 1.29 is 0 Å². The summed E-state index contributed by atoms with van der Waals surface area (Å²) in [6, 6.07) is 0. The first-order valence-corrected chi connectivity index (χ1v) is 13.1. The lowest BCUT2D eigenvalue weighted by atomic mass is 10.0. The van der Waals surface area contributed by atoms with Crippen LogP contribution >= 0.6 is 0 Å². The largest absolute Gasteiger partial charge is 0.0885 e. The maximum atomic E-state index is 2.42. The Kier molecular flexibility index (Phi) is 25.5. The Bertz CT molecular complexity index is 265. The van der Waals surface area contributed by atoms with Gasteiger partial charge >= 0.3 is 0 Å². The van der Waals surface area contributed by atoms with E-state index in [1.807, 2.05) is 0 Å². The van der Waals surface area contributed by atoms with Gasteiger partial charge in [0, 0.05) is 0 Å². The van der Waals surface area contributed by atoms with Crippen LogP contribution < -0.4 is 0 Å². The molecule has 0 heterocycles. The van der Waals surface area contributed by atoms with Gasteiger partial charge in [0.2, 0.25) is 0 Å². The van der Waals surface area contributed by atoms with Crippen molar-refractivity contribution in [2.24, 2.45) is 0 Å². The Morgan fingerprint density at radius 2 is 0.519 bits per heavy atom. The molecule has 0 unspecified atom stereocenters. The van der Waals surface area contributed by atoms with Crippen LogP contribution in [0.2, 0.25) is 0 Å². The molecule has 0 saturated heterocycles. The van der Waals surface area contributed by atoms with E-state index in [9.17, 15) is 0 Å². The van der Waals surface area contributed by atoms with Gasteiger partial charge in [-0.2, -0.15) is 0 Å². The number of unbranched alkanes of at least 4 members (excludes halogenated alkanes) is 21. The van der Waals surface area contributed by atoms with Crippen molar-refractivity contribution >= 4 is 0 Å². The first-order valence-electron chi connectivity index (χ1n) is 13.1.